The summed E-state index contributed by atoms with van der Waals surface area (Å²) < 4.78 is 23.0. The maximum absolute atomic E-state index is 13.2. The second-order valence-electron chi connectivity index (χ2n) is 11.1. The number of ether oxygens (including phenoxy) is 4. The van der Waals surface area contributed by atoms with Crippen molar-refractivity contribution in [3.05, 3.63) is 40.8 Å². The van der Waals surface area contributed by atoms with Crippen molar-refractivity contribution in [2.75, 3.05) is 78.6 Å². The second kappa shape index (κ2) is 14.2. The number of guanidine groups is 1. The van der Waals surface area contributed by atoms with E-state index >= 15 is 0 Å². The van der Waals surface area contributed by atoms with Crippen LogP contribution in [0.4, 0.5) is 5.82 Å². The van der Waals surface area contributed by atoms with Gasteiger partial charge < -0.3 is 39.0 Å². The van der Waals surface area contributed by atoms with E-state index in [1.807, 2.05) is 29.8 Å². The highest BCUT2D eigenvalue weighted by Gasteiger charge is 2.35. The summed E-state index contributed by atoms with van der Waals surface area (Å²) in [5.41, 5.74) is 1.96. The number of aromatic amines is 1. The summed E-state index contributed by atoms with van der Waals surface area (Å²) in [6, 6.07) is 2.78. The Kier molecular flexibility index (Phi) is 10.2. The van der Waals surface area contributed by atoms with Crippen molar-refractivity contribution >= 4 is 17.7 Å². The zero-order valence-electron chi connectivity index (χ0n) is 24.9. The molecule has 0 aliphatic carbocycles. The van der Waals surface area contributed by atoms with Crippen molar-refractivity contribution in [1.29, 1.82) is 5.26 Å². The number of hydrogen-bond donors (Lipinski definition) is 2. The number of H-pyrrole nitrogens is 1. The van der Waals surface area contributed by atoms with E-state index < -0.39 is 6.23 Å². The number of piperidine rings is 1. The molecular formula is C30H43N7O5. The van der Waals surface area contributed by atoms with Crippen molar-refractivity contribution in [3.63, 3.8) is 0 Å². The number of fused-ring (bicyclic) bond motifs is 1. The van der Waals surface area contributed by atoms with E-state index in [1.165, 1.54) is 0 Å². The lowest BCUT2D eigenvalue weighted by Gasteiger charge is -2.40. The number of morpholine rings is 1. The number of aromatic nitrogens is 1. The predicted octanol–water partition coefficient (Wildman–Crippen LogP) is 2.59. The molecule has 228 valence electrons. The summed E-state index contributed by atoms with van der Waals surface area (Å²) >= 11 is 0. The summed E-state index contributed by atoms with van der Waals surface area (Å²) in [4.78, 5) is 27.4. The lowest BCUT2D eigenvalue weighted by molar-refractivity contribution is -0.129. The van der Waals surface area contributed by atoms with Crippen LogP contribution in [0.5, 0.6) is 0 Å². The molecule has 5 heterocycles. The number of nitrogens with one attached hydrogen (secondary N) is 2. The Balaban J connectivity index is 1.21. The third-order valence-electron chi connectivity index (χ3n) is 8.48. The molecule has 12 heteroatoms. The first kappa shape index (κ1) is 30.1. The fourth-order valence-electron chi connectivity index (χ4n) is 6.02. The minimum atomic E-state index is -0.456. The number of amides is 1. The molecule has 0 saturated carbocycles. The molecule has 4 aliphatic heterocycles. The minimum Gasteiger partial charge on any atom is -0.497 e. The van der Waals surface area contributed by atoms with Gasteiger partial charge in [-0.1, -0.05) is 0 Å². The van der Waals surface area contributed by atoms with Gasteiger partial charge in [0.2, 0.25) is 11.9 Å². The van der Waals surface area contributed by atoms with Gasteiger partial charge in [-0.25, -0.2) is 4.99 Å². The Bertz CT molecular complexity index is 1210. The molecule has 1 amide bonds. The molecule has 4 aliphatic rings. The van der Waals surface area contributed by atoms with E-state index in [0.29, 0.717) is 54.5 Å². The number of allylic oxidation sites excluding steroid dienone is 1. The molecule has 0 aromatic carbocycles. The molecule has 0 bridgehead atoms. The van der Waals surface area contributed by atoms with Crippen LogP contribution in [0.1, 0.15) is 50.0 Å². The molecule has 12 nitrogen and oxygen atoms in total. The maximum atomic E-state index is 13.2. The van der Waals surface area contributed by atoms with Gasteiger partial charge >= 0.3 is 0 Å². The van der Waals surface area contributed by atoms with Crippen LogP contribution in [0.3, 0.4) is 0 Å². The molecule has 1 atom stereocenters. The molecule has 2 N–H and O–H groups in total. The van der Waals surface area contributed by atoms with Gasteiger partial charge in [0.1, 0.15) is 17.6 Å². The summed E-state index contributed by atoms with van der Waals surface area (Å²) in [5, 5.41) is 13.0. The van der Waals surface area contributed by atoms with Crippen LogP contribution >= 0.6 is 0 Å². The molecule has 3 fully saturated rings. The van der Waals surface area contributed by atoms with Gasteiger partial charge in [-0.15, -0.1) is 0 Å². The fraction of sp³-hybridized carbons (Fsp3) is 0.633. The Morgan fingerprint density at radius 2 is 1.86 bits per heavy atom. The number of rotatable bonds is 8. The molecule has 1 aromatic rings. The molecule has 3 saturated heterocycles. The fourth-order valence-corrected chi connectivity index (χ4v) is 6.02. The van der Waals surface area contributed by atoms with Crippen LogP contribution in [-0.2, 0) is 23.7 Å². The molecule has 5 rings (SSSR count). The summed E-state index contributed by atoms with van der Waals surface area (Å²) in [7, 11) is 3.50. The standard InChI is InChI=1S/C30H43N7O5/c1-21(28(38)37-10-5-23(6-11-37)36-12-16-41-17-13-36)18-25(39-3)4-9-32-30-34-27-26(22(19-31)20-33-27)29(35(30)2)42-24-7-14-40-15-8-24/h4,18,20,23-24,29,33H,5-17H2,1-3H3,(H,32,34)/b21-18+,25-4-. The topological polar surface area (TPSA) is 128 Å². The highest BCUT2D eigenvalue weighted by Crippen LogP contribution is 2.36. The van der Waals surface area contributed by atoms with Gasteiger partial charge in [-0.2, -0.15) is 5.26 Å². The van der Waals surface area contributed by atoms with Crippen molar-refractivity contribution in [1.82, 2.24) is 19.7 Å². The van der Waals surface area contributed by atoms with Gasteiger partial charge in [0.25, 0.3) is 0 Å². The van der Waals surface area contributed by atoms with E-state index in [2.05, 4.69) is 21.3 Å². The summed E-state index contributed by atoms with van der Waals surface area (Å²) in [6.07, 6.45) is 8.50. The number of anilines is 1. The van der Waals surface area contributed by atoms with Gasteiger partial charge in [0.15, 0.2) is 6.23 Å². The van der Waals surface area contributed by atoms with Crippen LogP contribution in [-0.4, -0.2) is 117 Å². The second-order valence-corrected chi connectivity index (χ2v) is 11.1. The normalized spacial score (nSPS) is 24.3. The average molecular weight is 582 g/mol. The van der Waals surface area contributed by atoms with Crippen LogP contribution in [0.15, 0.2) is 34.7 Å². The van der Waals surface area contributed by atoms with Crippen LogP contribution in [0.25, 0.3) is 0 Å². The SMILES string of the molecule is COC(=C\CN=C1Nc2[nH]cc(C#N)c2C(OC2CCOCC2)N1C)/C=C(\C)C(=O)N1CCC(N2CCOCC2)CC1. The van der Waals surface area contributed by atoms with Crippen molar-refractivity contribution in [3.8, 4) is 6.07 Å². The van der Waals surface area contributed by atoms with Gasteiger partial charge in [-0.05, 0) is 44.8 Å². The number of nitrogens with zero attached hydrogens (tertiary/aromatic N) is 5. The van der Waals surface area contributed by atoms with Crippen molar-refractivity contribution in [2.24, 2.45) is 4.99 Å². The number of methoxy groups -OCH3 is 1. The Morgan fingerprint density at radius 3 is 2.55 bits per heavy atom. The largest absolute Gasteiger partial charge is 0.497 e. The van der Waals surface area contributed by atoms with E-state index in [4.69, 9.17) is 23.9 Å². The Hall–Kier alpha value is -3.37. The molecule has 1 unspecified atom stereocenters. The molecule has 1 aromatic heterocycles. The Labute approximate surface area is 247 Å². The number of aliphatic imine (C=N–C) groups is 1. The zero-order chi connectivity index (χ0) is 29.5. The number of likely N-dealkylation sites (tertiary alicyclic amines) is 1. The zero-order valence-corrected chi connectivity index (χ0v) is 24.9. The minimum absolute atomic E-state index is 0.0376. The summed E-state index contributed by atoms with van der Waals surface area (Å²) in [5.74, 6) is 1.93. The van der Waals surface area contributed by atoms with E-state index in [9.17, 15) is 10.1 Å². The highest BCUT2D eigenvalue weighted by molar-refractivity contribution is 5.96. The van der Waals surface area contributed by atoms with Crippen LogP contribution < -0.4 is 5.32 Å². The maximum Gasteiger partial charge on any atom is 0.249 e. The lowest BCUT2D eigenvalue weighted by Crippen LogP contribution is -2.50. The first-order chi connectivity index (χ1) is 20.5. The molecule has 0 spiro atoms. The number of carbonyl (C=O) groups is 1. The number of carbonyl (C=O) groups excluding carboxylic acids is 1. The lowest BCUT2D eigenvalue weighted by atomic mass is 10.0. The molecule has 0 radical (unpaired) electrons. The summed E-state index contributed by atoms with van der Waals surface area (Å²) in [6.45, 7) is 8.56. The smallest absolute Gasteiger partial charge is 0.249 e. The molecular weight excluding hydrogens is 538 g/mol. The van der Waals surface area contributed by atoms with E-state index in [0.717, 1.165) is 70.6 Å². The van der Waals surface area contributed by atoms with Gasteiger partial charge in [-0.3, -0.25) is 9.69 Å². The van der Waals surface area contributed by atoms with Crippen LogP contribution in [0, 0.1) is 11.3 Å². The van der Waals surface area contributed by atoms with Crippen molar-refractivity contribution in [2.45, 2.75) is 51.0 Å². The monoisotopic (exact) mass is 581 g/mol. The number of hydrogen-bond acceptors (Lipinski definition) is 8. The quantitative estimate of drug-likeness (QED) is 0.271. The van der Waals surface area contributed by atoms with Gasteiger partial charge in [0, 0.05) is 64.3 Å². The first-order valence-corrected chi connectivity index (χ1v) is 14.9. The molecule has 42 heavy (non-hydrogen) atoms. The third kappa shape index (κ3) is 6.98. The average Bonchev–Trinajstić information content (AvgIpc) is 3.45. The first-order valence-electron chi connectivity index (χ1n) is 14.9. The van der Waals surface area contributed by atoms with E-state index in [1.54, 1.807) is 19.4 Å². The predicted molar refractivity (Wildman–Crippen MR) is 158 cm³/mol. The van der Waals surface area contributed by atoms with E-state index in [-0.39, 0.29) is 12.0 Å². The Morgan fingerprint density at radius 1 is 1.14 bits per heavy atom. The third-order valence-corrected chi connectivity index (χ3v) is 8.48. The highest BCUT2D eigenvalue weighted by atomic mass is 16.5. The van der Waals surface area contributed by atoms with Crippen molar-refractivity contribution < 1.29 is 23.7 Å². The number of nitriles is 1. The van der Waals surface area contributed by atoms with Gasteiger partial charge in [0.05, 0.1) is 44.1 Å². The van der Waals surface area contributed by atoms with Crippen LogP contribution in [0.2, 0.25) is 0 Å².